The van der Waals surface area contributed by atoms with Crippen LogP contribution in [0, 0.1) is 13.8 Å². The van der Waals surface area contributed by atoms with E-state index in [2.05, 4.69) is 63.9 Å². The quantitative estimate of drug-likeness (QED) is 0.610. The summed E-state index contributed by atoms with van der Waals surface area (Å²) in [4.78, 5) is 0.0730. The Bertz CT molecular complexity index is 630. The van der Waals surface area contributed by atoms with Gasteiger partial charge in [0.1, 0.15) is 11.5 Å². The van der Waals surface area contributed by atoms with Gasteiger partial charge in [-0.2, -0.15) is 0 Å². The summed E-state index contributed by atoms with van der Waals surface area (Å²) in [5.74, 6) is 1.80. The molecule has 1 atom stereocenters. The lowest BCUT2D eigenvalue weighted by atomic mass is 9.99. The van der Waals surface area contributed by atoms with E-state index in [4.69, 9.17) is 9.47 Å². The highest BCUT2D eigenvalue weighted by Gasteiger charge is 2.17. The van der Waals surface area contributed by atoms with E-state index < -0.39 is 0 Å². The van der Waals surface area contributed by atoms with E-state index in [0.29, 0.717) is 0 Å². The molecule has 2 aromatic rings. The zero-order chi connectivity index (χ0) is 15.6. The van der Waals surface area contributed by atoms with Crippen molar-refractivity contribution in [1.82, 2.24) is 0 Å². The van der Waals surface area contributed by atoms with Crippen LogP contribution in [0.5, 0.6) is 11.5 Å². The molecule has 0 amide bonds. The fourth-order valence-electron chi connectivity index (χ4n) is 2.53. The van der Waals surface area contributed by atoms with Crippen LogP contribution in [0.25, 0.3) is 0 Å². The van der Waals surface area contributed by atoms with Crippen LogP contribution in [0.2, 0.25) is 0 Å². The largest absolute Gasteiger partial charge is 0.496 e. The van der Waals surface area contributed by atoms with Gasteiger partial charge in [0, 0.05) is 10.0 Å². The number of ether oxygens (including phenoxy) is 2. The minimum atomic E-state index is 0.0730. The Kier molecular flexibility index (Phi) is 5.33. The predicted molar refractivity (Wildman–Crippen MR) is 93.9 cm³/mol. The molecule has 0 aliphatic carbocycles. The number of halogens is 2. The van der Waals surface area contributed by atoms with Crippen molar-refractivity contribution >= 4 is 31.9 Å². The Morgan fingerprint density at radius 3 is 2.10 bits per heavy atom. The molecule has 0 aliphatic rings. The smallest absolute Gasteiger partial charge is 0.124 e. The van der Waals surface area contributed by atoms with Gasteiger partial charge in [0.15, 0.2) is 0 Å². The summed E-state index contributed by atoms with van der Waals surface area (Å²) in [6, 6.07) is 10.4. The van der Waals surface area contributed by atoms with Crippen LogP contribution in [-0.2, 0) is 0 Å². The van der Waals surface area contributed by atoms with Crippen molar-refractivity contribution in [2.24, 2.45) is 0 Å². The Morgan fingerprint density at radius 2 is 1.57 bits per heavy atom. The molecule has 112 valence electrons. The lowest BCUT2D eigenvalue weighted by Crippen LogP contribution is -2.00. The molecule has 0 radical (unpaired) electrons. The average molecular weight is 414 g/mol. The summed E-state index contributed by atoms with van der Waals surface area (Å²) in [5, 5.41) is 0. The first-order valence-electron chi connectivity index (χ1n) is 6.60. The molecule has 0 spiro atoms. The maximum absolute atomic E-state index is 5.49. The standard InChI is InChI=1S/C17H18Br2O2/c1-10-7-12(8-11(2)17(10)21-4)16(19)14-6-5-13(18)9-15(14)20-3/h5-9,16H,1-4H3. The number of hydrogen-bond acceptors (Lipinski definition) is 2. The van der Waals surface area contributed by atoms with Crippen LogP contribution in [0.3, 0.4) is 0 Å². The fourth-order valence-corrected chi connectivity index (χ4v) is 3.51. The third kappa shape index (κ3) is 3.43. The lowest BCUT2D eigenvalue weighted by Gasteiger charge is -2.18. The lowest BCUT2D eigenvalue weighted by molar-refractivity contribution is 0.408. The highest BCUT2D eigenvalue weighted by Crippen LogP contribution is 2.39. The third-order valence-electron chi connectivity index (χ3n) is 3.45. The van der Waals surface area contributed by atoms with E-state index in [9.17, 15) is 0 Å². The van der Waals surface area contributed by atoms with Gasteiger partial charge in [-0.25, -0.2) is 0 Å². The Labute approximate surface area is 142 Å². The number of methoxy groups -OCH3 is 2. The van der Waals surface area contributed by atoms with E-state index >= 15 is 0 Å². The van der Waals surface area contributed by atoms with Gasteiger partial charge in [0.2, 0.25) is 0 Å². The van der Waals surface area contributed by atoms with E-state index in [1.54, 1.807) is 14.2 Å². The summed E-state index contributed by atoms with van der Waals surface area (Å²) in [6.07, 6.45) is 0. The molecule has 4 heteroatoms. The topological polar surface area (TPSA) is 18.5 Å². The van der Waals surface area contributed by atoms with E-state index in [-0.39, 0.29) is 4.83 Å². The average Bonchev–Trinajstić information content (AvgIpc) is 2.46. The van der Waals surface area contributed by atoms with Crippen molar-refractivity contribution < 1.29 is 9.47 Å². The molecular formula is C17H18Br2O2. The van der Waals surface area contributed by atoms with Gasteiger partial charge in [-0.1, -0.05) is 50.1 Å². The summed E-state index contributed by atoms with van der Waals surface area (Å²) in [6.45, 7) is 4.13. The van der Waals surface area contributed by atoms with Crippen molar-refractivity contribution in [3.8, 4) is 11.5 Å². The normalized spacial score (nSPS) is 12.1. The summed E-state index contributed by atoms with van der Waals surface area (Å²) in [7, 11) is 3.40. The highest BCUT2D eigenvalue weighted by molar-refractivity contribution is 9.10. The fraction of sp³-hybridized carbons (Fsp3) is 0.294. The Morgan fingerprint density at radius 1 is 0.952 bits per heavy atom. The van der Waals surface area contributed by atoms with Crippen molar-refractivity contribution in [1.29, 1.82) is 0 Å². The molecule has 2 nitrogen and oxygen atoms in total. The molecule has 0 aliphatic heterocycles. The van der Waals surface area contributed by atoms with Gasteiger partial charge in [-0.3, -0.25) is 0 Å². The summed E-state index contributed by atoms with van der Waals surface area (Å²) >= 11 is 7.26. The van der Waals surface area contributed by atoms with Crippen molar-refractivity contribution in [3.63, 3.8) is 0 Å². The van der Waals surface area contributed by atoms with E-state index in [1.165, 1.54) is 5.56 Å². The molecule has 0 aromatic heterocycles. The number of alkyl halides is 1. The molecule has 2 rings (SSSR count). The van der Waals surface area contributed by atoms with Crippen molar-refractivity contribution in [3.05, 3.63) is 57.1 Å². The van der Waals surface area contributed by atoms with Gasteiger partial charge in [0.05, 0.1) is 19.0 Å². The molecule has 21 heavy (non-hydrogen) atoms. The molecule has 0 N–H and O–H groups in total. The van der Waals surface area contributed by atoms with Crippen molar-refractivity contribution in [2.75, 3.05) is 14.2 Å². The molecule has 0 saturated carbocycles. The maximum atomic E-state index is 5.49. The number of rotatable bonds is 4. The third-order valence-corrected chi connectivity index (χ3v) is 4.96. The Balaban J connectivity index is 2.47. The first kappa shape index (κ1) is 16.4. The number of benzene rings is 2. The first-order chi connectivity index (χ1) is 9.97. The van der Waals surface area contributed by atoms with Crippen LogP contribution in [0.4, 0.5) is 0 Å². The molecular weight excluding hydrogens is 396 g/mol. The van der Waals surface area contributed by atoms with Crippen LogP contribution in [0.1, 0.15) is 27.1 Å². The number of hydrogen-bond donors (Lipinski definition) is 0. The van der Waals surface area contributed by atoms with Crippen LogP contribution >= 0.6 is 31.9 Å². The monoisotopic (exact) mass is 412 g/mol. The van der Waals surface area contributed by atoms with Crippen molar-refractivity contribution in [2.45, 2.75) is 18.7 Å². The van der Waals surface area contributed by atoms with E-state index in [0.717, 1.165) is 32.7 Å². The predicted octanol–water partition coefficient (Wildman–Crippen LogP) is 5.57. The van der Waals surface area contributed by atoms with Gasteiger partial charge < -0.3 is 9.47 Å². The molecule has 0 heterocycles. The number of aryl methyl sites for hydroxylation is 2. The highest BCUT2D eigenvalue weighted by atomic mass is 79.9. The SMILES string of the molecule is COc1cc(Br)ccc1C(Br)c1cc(C)c(OC)c(C)c1. The molecule has 0 fully saturated rings. The second-order valence-corrected chi connectivity index (χ2v) is 6.77. The Hall–Kier alpha value is -1.00. The van der Waals surface area contributed by atoms with Crippen LogP contribution in [0.15, 0.2) is 34.8 Å². The molecule has 0 saturated heterocycles. The molecule has 1 unspecified atom stereocenters. The zero-order valence-corrected chi connectivity index (χ0v) is 15.7. The zero-order valence-electron chi connectivity index (χ0n) is 12.5. The minimum absolute atomic E-state index is 0.0730. The molecule has 2 aromatic carbocycles. The minimum Gasteiger partial charge on any atom is -0.496 e. The summed E-state index contributed by atoms with van der Waals surface area (Å²) < 4.78 is 11.9. The van der Waals surface area contributed by atoms with Crippen LogP contribution in [-0.4, -0.2) is 14.2 Å². The van der Waals surface area contributed by atoms with Gasteiger partial charge >= 0.3 is 0 Å². The van der Waals surface area contributed by atoms with Crippen LogP contribution < -0.4 is 9.47 Å². The second-order valence-electron chi connectivity index (χ2n) is 4.94. The maximum Gasteiger partial charge on any atom is 0.124 e. The first-order valence-corrected chi connectivity index (χ1v) is 8.31. The van der Waals surface area contributed by atoms with Gasteiger partial charge in [0.25, 0.3) is 0 Å². The summed E-state index contributed by atoms with van der Waals surface area (Å²) in [5.41, 5.74) is 4.55. The molecule has 0 bridgehead atoms. The second kappa shape index (κ2) is 6.84. The van der Waals surface area contributed by atoms with Gasteiger partial charge in [-0.05, 0) is 42.7 Å². The van der Waals surface area contributed by atoms with Gasteiger partial charge in [-0.15, -0.1) is 0 Å². The van der Waals surface area contributed by atoms with E-state index in [1.807, 2.05) is 12.1 Å².